The second kappa shape index (κ2) is 9.49. The summed E-state index contributed by atoms with van der Waals surface area (Å²) in [6.45, 7) is 3.83. The molecule has 0 radical (unpaired) electrons. The van der Waals surface area contributed by atoms with Crippen LogP contribution in [0.15, 0.2) is 76.7 Å². The maximum Gasteiger partial charge on any atom is 0.278 e. The highest BCUT2D eigenvalue weighted by Crippen LogP contribution is 2.30. The third kappa shape index (κ3) is 4.59. The molecule has 2 aromatic heterocycles. The molecule has 0 fully saturated rings. The third-order valence-electron chi connectivity index (χ3n) is 5.47. The molecule has 5 rings (SSSR count). The summed E-state index contributed by atoms with van der Waals surface area (Å²) >= 11 is 7.97. The number of aryl methyl sites for hydroxylation is 2. The number of rotatable bonds is 5. The van der Waals surface area contributed by atoms with Crippen LogP contribution in [-0.4, -0.2) is 14.1 Å². The predicted molar refractivity (Wildman–Crippen MR) is 141 cm³/mol. The molecule has 0 bridgehead atoms. The van der Waals surface area contributed by atoms with E-state index in [1.54, 1.807) is 18.2 Å². The normalized spacial score (nSPS) is 11.3. The minimum Gasteiger partial charge on any atom is -0.272 e. The Bertz CT molecular complexity index is 1690. The summed E-state index contributed by atoms with van der Waals surface area (Å²) in [5.41, 5.74) is 3.60. The summed E-state index contributed by atoms with van der Waals surface area (Å²) in [4.78, 5) is 18.6. The highest BCUT2D eigenvalue weighted by molar-refractivity contribution is 7.98. The molecular formula is C26H19F2N3OS3. The van der Waals surface area contributed by atoms with Crippen molar-refractivity contribution in [2.75, 3.05) is 0 Å². The first-order chi connectivity index (χ1) is 16.8. The van der Waals surface area contributed by atoms with Crippen LogP contribution in [0.5, 0.6) is 0 Å². The standard InChI is InChI=1S/C26H19F2N3OS3/c1-15-6-9-19(10-7-15)30-24(32)22-23(29-25(30)34-14-17-4-3-5-18(27)13-17)31(26(33)35-22)21-12-16(2)8-11-20(21)28/h3-13H,14H2,1-2H3. The maximum atomic E-state index is 14.8. The molecule has 0 aliphatic heterocycles. The van der Waals surface area contributed by atoms with Crippen LogP contribution in [0.2, 0.25) is 0 Å². The van der Waals surface area contributed by atoms with Crippen molar-refractivity contribution in [1.82, 2.24) is 14.1 Å². The Morgan fingerprint density at radius 1 is 0.971 bits per heavy atom. The molecule has 4 nitrogen and oxygen atoms in total. The first kappa shape index (κ1) is 23.6. The minimum absolute atomic E-state index is 0.252. The van der Waals surface area contributed by atoms with Crippen molar-refractivity contribution in [2.24, 2.45) is 0 Å². The molecule has 5 aromatic rings. The minimum atomic E-state index is -0.454. The van der Waals surface area contributed by atoms with Gasteiger partial charge in [0.15, 0.2) is 14.8 Å². The second-order valence-electron chi connectivity index (χ2n) is 8.10. The number of thioether (sulfide) groups is 1. The summed E-state index contributed by atoms with van der Waals surface area (Å²) in [6, 6.07) is 18.6. The summed E-state index contributed by atoms with van der Waals surface area (Å²) in [6.07, 6.45) is 0. The van der Waals surface area contributed by atoms with Gasteiger partial charge in [0.25, 0.3) is 5.56 Å². The van der Waals surface area contributed by atoms with E-state index >= 15 is 0 Å². The van der Waals surface area contributed by atoms with Gasteiger partial charge in [0, 0.05) is 5.75 Å². The lowest BCUT2D eigenvalue weighted by molar-refractivity contribution is 0.618. The molecule has 35 heavy (non-hydrogen) atoms. The largest absolute Gasteiger partial charge is 0.278 e. The van der Waals surface area contributed by atoms with E-state index in [0.29, 0.717) is 30.9 Å². The van der Waals surface area contributed by atoms with Crippen molar-refractivity contribution in [2.45, 2.75) is 24.8 Å². The first-order valence-corrected chi connectivity index (χ1v) is 12.9. The Morgan fingerprint density at radius 3 is 2.46 bits per heavy atom. The highest BCUT2D eigenvalue weighted by atomic mass is 32.2. The fourth-order valence-electron chi connectivity index (χ4n) is 3.74. The molecule has 0 aliphatic carbocycles. The number of benzene rings is 3. The summed E-state index contributed by atoms with van der Waals surface area (Å²) < 4.78 is 32.3. The van der Waals surface area contributed by atoms with Crippen LogP contribution >= 0.6 is 35.3 Å². The van der Waals surface area contributed by atoms with Gasteiger partial charge in [-0.2, -0.15) is 0 Å². The van der Waals surface area contributed by atoms with E-state index in [4.69, 9.17) is 17.2 Å². The molecule has 0 atom stereocenters. The number of hydrogen-bond acceptors (Lipinski definition) is 5. The summed E-state index contributed by atoms with van der Waals surface area (Å²) in [5, 5.41) is 0.408. The number of fused-ring (bicyclic) bond motifs is 1. The first-order valence-electron chi connectivity index (χ1n) is 10.7. The molecule has 0 unspecified atom stereocenters. The topological polar surface area (TPSA) is 39.8 Å². The number of aromatic nitrogens is 3. The molecule has 0 amide bonds. The van der Waals surface area contributed by atoms with Gasteiger partial charge in [-0.25, -0.2) is 13.8 Å². The molecule has 9 heteroatoms. The van der Waals surface area contributed by atoms with Gasteiger partial charge in [0.05, 0.1) is 11.4 Å². The maximum absolute atomic E-state index is 14.8. The van der Waals surface area contributed by atoms with Gasteiger partial charge >= 0.3 is 0 Å². The van der Waals surface area contributed by atoms with E-state index in [1.165, 1.54) is 39.1 Å². The molecule has 3 aromatic carbocycles. The average Bonchev–Trinajstić information content (AvgIpc) is 3.16. The van der Waals surface area contributed by atoms with Crippen LogP contribution in [0.1, 0.15) is 16.7 Å². The van der Waals surface area contributed by atoms with Crippen molar-refractivity contribution in [3.05, 3.63) is 109 Å². The Labute approximate surface area is 213 Å². The molecular weight excluding hydrogens is 505 g/mol. The van der Waals surface area contributed by atoms with Gasteiger partial charge in [-0.15, -0.1) is 0 Å². The Hall–Kier alpha value is -3.14. The van der Waals surface area contributed by atoms with E-state index in [1.807, 2.05) is 44.2 Å². The SMILES string of the molecule is Cc1ccc(-n2c(SCc3cccc(F)c3)nc3c(sc(=S)n3-c3cc(C)ccc3F)c2=O)cc1. The zero-order valence-electron chi connectivity index (χ0n) is 18.8. The van der Waals surface area contributed by atoms with Gasteiger partial charge in [0.2, 0.25) is 0 Å². The fraction of sp³-hybridized carbons (Fsp3) is 0.115. The number of halogens is 2. The molecule has 0 saturated heterocycles. The fourth-order valence-corrected chi connectivity index (χ4v) is 5.97. The molecule has 176 valence electrons. The summed E-state index contributed by atoms with van der Waals surface area (Å²) in [5.74, 6) is -0.390. The third-order valence-corrected chi connectivity index (χ3v) is 7.83. The lowest BCUT2D eigenvalue weighted by Gasteiger charge is -2.13. The van der Waals surface area contributed by atoms with Crippen molar-refractivity contribution in [1.29, 1.82) is 0 Å². The number of hydrogen-bond donors (Lipinski definition) is 0. The quantitative estimate of drug-likeness (QED) is 0.139. The summed E-state index contributed by atoms with van der Waals surface area (Å²) in [7, 11) is 0. The Balaban J connectivity index is 1.75. The monoisotopic (exact) mass is 523 g/mol. The van der Waals surface area contributed by atoms with Crippen LogP contribution in [0, 0.1) is 29.4 Å². The van der Waals surface area contributed by atoms with E-state index in [9.17, 15) is 13.6 Å². The van der Waals surface area contributed by atoms with Crippen LogP contribution < -0.4 is 5.56 Å². The molecule has 0 spiro atoms. The molecule has 0 N–H and O–H groups in total. The zero-order valence-corrected chi connectivity index (χ0v) is 21.2. The van der Waals surface area contributed by atoms with Gasteiger partial charge < -0.3 is 0 Å². The van der Waals surface area contributed by atoms with Crippen molar-refractivity contribution in [3.8, 4) is 11.4 Å². The average molecular weight is 524 g/mol. The number of thiazole rings is 1. The smallest absolute Gasteiger partial charge is 0.272 e. The van der Waals surface area contributed by atoms with Crippen LogP contribution in [0.25, 0.3) is 21.7 Å². The van der Waals surface area contributed by atoms with Crippen molar-refractivity contribution < 1.29 is 8.78 Å². The van der Waals surface area contributed by atoms with E-state index in [2.05, 4.69) is 0 Å². The Kier molecular flexibility index (Phi) is 6.39. The Morgan fingerprint density at radius 2 is 1.71 bits per heavy atom. The van der Waals surface area contributed by atoms with Crippen LogP contribution in [-0.2, 0) is 5.75 Å². The van der Waals surface area contributed by atoms with E-state index < -0.39 is 5.82 Å². The zero-order chi connectivity index (χ0) is 24.7. The molecule has 2 heterocycles. The van der Waals surface area contributed by atoms with Crippen LogP contribution in [0.3, 0.4) is 0 Å². The predicted octanol–water partition coefficient (Wildman–Crippen LogP) is 7.15. The van der Waals surface area contributed by atoms with E-state index in [-0.39, 0.29) is 17.1 Å². The highest BCUT2D eigenvalue weighted by Gasteiger charge is 2.20. The molecule has 0 saturated carbocycles. The van der Waals surface area contributed by atoms with E-state index in [0.717, 1.165) is 28.0 Å². The van der Waals surface area contributed by atoms with Gasteiger partial charge in [0.1, 0.15) is 16.3 Å². The van der Waals surface area contributed by atoms with Gasteiger partial charge in [-0.3, -0.25) is 13.9 Å². The van der Waals surface area contributed by atoms with Crippen molar-refractivity contribution in [3.63, 3.8) is 0 Å². The lowest BCUT2D eigenvalue weighted by atomic mass is 10.2. The van der Waals surface area contributed by atoms with Gasteiger partial charge in [-0.05, 0) is 73.6 Å². The second-order valence-corrected chi connectivity index (χ2v) is 10.7. The van der Waals surface area contributed by atoms with Crippen molar-refractivity contribution >= 4 is 45.7 Å². The molecule has 0 aliphatic rings. The lowest BCUT2D eigenvalue weighted by Crippen LogP contribution is -2.21. The van der Waals surface area contributed by atoms with Gasteiger partial charge in [-0.1, -0.05) is 59.0 Å². The number of nitrogens with zero attached hydrogens (tertiary/aromatic N) is 3. The van der Waals surface area contributed by atoms with Crippen LogP contribution in [0.4, 0.5) is 8.78 Å².